The zero-order chi connectivity index (χ0) is 20.6. The van der Waals surface area contributed by atoms with E-state index in [-0.39, 0.29) is 30.0 Å². The average Bonchev–Trinajstić information content (AvgIpc) is 3.20. The van der Waals surface area contributed by atoms with E-state index in [0.717, 1.165) is 36.1 Å². The number of ether oxygens (including phenoxy) is 1. The molecule has 0 radical (unpaired) electrons. The third kappa shape index (κ3) is 7.35. The molecule has 7 nitrogen and oxygen atoms in total. The Morgan fingerprint density at radius 3 is 2.89 bits per heavy atom. The molecule has 0 aromatic rings. The van der Waals surface area contributed by atoms with Crippen LogP contribution in [0.1, 0.15) is 39.5 Å². The maximum atomic E-state index is 11.9. The molecule has 0 saturated carbocycles. The fourth-order valence-corrected chi connectivity index (χ4v) is 9.30. The van der Waals surface area contributed by atoms with Crippen LogP contribution in [0, 0.1) is 5.41 Å². The van der Waals surface area contributed by atoms with Gasteiger partial charge in [0.05, 0.1) is 0 Å². The van der Waals surface area contributed by atoms with Gasteiger partial charge in [0.2, 0.25) is 0 Å². The third-order valence-electron chi connectivity index (χ3n) is 4.83. The molecule has 2 rings (SSSR count). The van der Waals surface area contributed by atoms with Gasteiger partial charge in [-0.15, -0.1) is 0 Å². The molecule has 0 aromatic carbocycles. The van der Waals surface area contributed by atoms with E-state index in [4.69, 9.17) is 4.74 Å². The summed E-state index contributed by atoms with van der Waals surface area (Å²) in [5, 5.41) is 10.2. The van der Waals surface area contributed by atoms with Gasteiger partial charge in [-0.05, 0) is 0 Å². The van der Waals surface area contributed by atoms with Crippen molar-refractivity contribution >= 4 is 53.7 Å². The molecule has 3 atom stereocenters. The monoisotopic (exact) mass is 497 g/mol. The third-order valence-corrected chi connectivity index (χ3v) is 11.3. The fourth-order valence-electron chi connectivity index (χ4n) is 3.18. The van der Waals surface area contributed by atoms with Crippen molar-refractivity contribution in [2.75, 3.05) is 25.2 Å². The summed E-state index contributed by atoms with van der Waals surface area (Å²) in [5.74, 6) is 1.79. The summed E-state index contributed by atoms with van der Waals surface area (Å²) in [6.07, 6.45) is 3.48. The first-order chi connectivity index (χ1) is 13.3. The molecule has 2 fully saturated rings. The molecule has 160 valence electrons. The van der Waals surface area contributed by atoms with Crippen molar-refractivity contribution in [1.29, 1.82) is 0 Å². The number of amides is 3. The van der Waals surface area contributed by atoms with E-state index in [2.05, 4.69) is 16.0 Å². The number of hydrogen-bond acceptors (Lipinski definition) is 6. The van der Waals surface area contributed by atoms with E-state index in [1.54, 1.807) is 10.2 Å². The van der Waals surface area contributed by atoms with Crippen LogP contribution in [-0.4, -0.2) is 74.2 Å². The van der Waals surface area contributed by atoms with Crippen molar-refractivity contribution < 1.29 is 19.1 Å². The second-order valence-corrected chi connectivity index (χ2v) is 13.4. The van der Waals surface area contributed by atoms with Crippen molar-refractivity contribution in [3.8, 4) is 0 Å². The molecular weight excluding hydrogens is 465 g/mol. The van der Waals surface area contributed by atoms with Gasteiger partial charge in [-0.25, -0.2) is 4.79 Å². The minimum absolute atomic E-state index is 0.0483. The Bertz CT molecular complexity index is 565. The van der Waals surface area contributed by atoms with Gasteiger partial charge in [0, 0.05) is 0 Å². The van der Waals surface area contributed by atoms with Crippen molar-refractivity contribution in [1.82, 2.24) is 16.0 Å². The van der Waals surface area contributed by atoms with Crippen molar-refractivity contribution in [2.24, 2.45) is 5.41 Å². The van der Waals surface area contributed by atoms with Crippen molar-refractivity contribution in [3.63, 3.8) is 0 Å². The average molecular weight is 497 g/mol. The summed E-state index contributed by atoms with van der Waals surface area (Å²) < 4.78 is 4.81. The first-order valence-electron chi connectivity index (χ1n) is 9.61. The van der Waals surface area contributed by atoms with Crippen LogP contribution < -0.4 is 16.0 Å². The van der Waals surface area contributed by atoms with Crippen molar-refractivity contribution in [3.05, 3.63) is 0 Å². The van der Waals surface area contributed by atoms with E-state index in [0.29, 0.717) is 32.1 Å². The van der Waals surface area contributed by atoms with Gasteiger partial charge >= 0.3 is 171 Å². The van der Waals surface area contributed by atoms with Gasteiger partial charge in [0.1, 0.15) is 0 Å². The van der Waals surface area contributed by atoms with Gasteiger partial charge in [-0.1, -0.05) is 0 Å². The number of esters is 1. The quantitative estimate of drug-likeness (QED) is 0.165. The first-order valence-corrected chi connectivity index (χ1v) is 14.9. The number of fused-ring (bicyclic) bond motifs is 1. The second-order valence-electron chi connectivity index (χ2n) is 7.68. The zero-order valence-corrected chi connectivity index (χ0v) is 20.1. The molecule has 2 saturated heterocycles. The Morgan fingerprint density at radius 2 is 2.14 bits per heavy atom. The number of unbranched alkanes of at least 4 members (excludes halogenated alkanes) is 1. The van der Waals surface area contributed by atoms with Gasteiger partial charge in [-0.2, -0.15) is 0 Å². The molecule has 3 amide bonds. The number of nitrogens with one attached hydrogen (secondary N) is 3. The fraction of sp³-hybridized carbons (Fsp3) is 0.833. The Balaban J connectivity index is 1.45. The van der Waals surface area contributed by atoms with Crippen LogP contribution >= 0.6 is 21.9 Å². The number of rotatable bonds is 12. The Morgan fingerprint density at radius 1 is 1.36 bits per heavy atom. The van der Waals surface area contributed by atoms with Crippen LogP contribution in [0.3, 0.4) is 0 Å². The van der Waals surface area contributed by atoms with Crippen LogP contribution in [-0.2, 0) is 14.3 Å². The molecular formula is C18H31N3O4S2Se. The van der Waals surface area contributed by atoms with Gasteiger partial charge in [-0.3, -0.25) is 0 Å². The van der Waals surface area contributed by atoms with Crippen LogP contribution in [0.2, 0.25) is 5.32 Å². The zero-order valence-electron chi connectivity index (χ0n) is 16.7. The Labute approximate surface area is 181 Å². The molecule has 0 spiro atoms. The molecule has 10 heteroatoms. The van der Waals surface area contributed by atoms with Gasteiger partial charge in [0.25, 0.3) is 0 Å². The van der Waals surface area contributed by atoms with E-state index in [1.165, 1.54) is 7.11 Å². The van der Waals surface area contributed by atoms with E-state index >= 15 is 0 Å². The molecule has 2 aliphatic heterocycles. The molecule has 2 heterocycles. The minimum atomic E-state index is -0.431. The summed E-state index contributed by atoms with van der Waals surface area (Å²) in [6, 6.07) is 0.463. The normalized spacial score (nSPS) is 23.7. The van der Waals surface area contributed by atoms with Crippen molar-refractivity contribution in [2.45, 2.75) is 62.2 Å². The summed E-state index contributed by atoms with van der Waals surface area (Å²) in [6.45, 7) is 4.48. The first kappa shape index (κ1) is 23.7. The number of urea groups is 1. The molecule has 28 heavy (non-hydrogen) atoms. The second kappa shape index (κ2) is 11.6. The van der Waals surface area contributed by atoms with Crippen LogP contribution in [0.15, 0.2) is 0 Å². The molecule has 0 unspecified atom stereocenters. The van der Waals surface area contributed by atoms with Crippen LogP contribution in [0.5, 0.6) is 0 Å². The van der Waals surface area contributed by atoms with Crippen LogP contribution in [0.4, 0.5) is 4.79 Å². The standard InChI is InChI=1S/C18H31N3O4S2Se/c1-18(2,16(23)25-3)11-28-27-9-8-19-14(22)7-5-4-6-13-15-12(10-26-13)20-17(24)21-15/h12-13,15H,4-11H2,1-3H3,(H,19,22)(H2,20,21,24)/t12-,13-,15-/m0/s1. The van der Waals surface area contributed by atoms with E-state index in [9.17, 15) is 14.4 Å². The molecule has 0 aromatic heterocycles. The summed E-state index contributed by atoms with van der Waals surface area (Å²) in [7, 11) is 3.22. The van der Waals surface area contributed by atoms with Gasteiger partial charge < -0.3 is 5.32 Å². The molecule has 3 N–H and O–H groups in total. The Hall–Kier alpha value is -0.571. The summed E-state index contributed by atoms with van der Waals surface area (Å²) in [5.41, 5.74) is -0.431. The predicted octanol–water partition coefficient (Wildman–Crippen LogP) is 1.80. The van der Waals surface area contributed by atoms with Gasteiger partial charge in [0.15, 0.2) is 0 Å². The molecule has 0 aliphatic carbocycles. The summed E-state index contributed by atoms with van der Waals surface area (Å²) >= 11 is 2.21. The summed E-state index contributed by atoms with van der Waals surface area (Å²) in [4.78, 5) is 34.9. The van der Waals surface area contributed by atoms with E-state index in [1.807, 2.05) is 25.6 Å². The Kier molecular flexibility index (Phi) is 9.80. The predicted molar refractivity (Wildman–Crippen MR) is 116 cm³/mol. The molecule has 0 bridgehead atoms. The molecule has 2 aliphatic rings. The van der Waals surface area contributed by atoms with E-state index < -0.39 is 5.41 Å². The SMILES string of the molecule is COC(=O)C(C)(C)C[Se]SCCNC(=O)CCCC[C@@H]1SC[C@@H]2NC(=O)N[C@@H]21. The number of methoxy groups -OCH3 is 1. The number of carbonyl (C=O) groups is 3. The topological polar surface area (TPSA) is 96.5 Å². The number of hydrogen-bond donors (Lipinski definition) is 3. The number of carbonyl (C=O) groups excluding carboxylic acids is 3. The number of thioether (sulfide) groups is 1. The maximum absolute atomic E-state index is 11.9. The van der Waals surface area contributed by atoms with Crippen LogP contribution in [0.25, 0.3) is 0 Å².